The first kappa shape index (κ1) is 12.3. The van der Waals surface area contributed by atoms with Gasteiger partial charge in [-0.15, -0.1) is 0 Å². The molecule has 0 aliphatic heterocycles. The fourth-order valence-corrected chi connectivity index (χ4v) is 2.02. The van der Waals surface area contributed by atoms with Crippen molar-refractivity contribution in [3.8, 4) is 22.8 Å². The summed E-state index contributed by atoms with van der Waals surface area (Å²) in [5.41, 5.74) is 8.59. The molecule has 96 valence electrons. The van der Waals surface area contributed by atoms with E-state index in [4.69, 9.17) is 15.2 Å². The van der Waals surface area contributed by atoms with Crippen LogP contribution in [0, 0.1) is 0 Å². The Bertz CT molecular complexity index is 549. The van der Waals surface area contributed by atoms with Gasteiger partial charge in [0.1, 0.15) is 5.82 Å². The van der Waals surface area contributed by atoms with Gasteiger partial charge >= 0.3 is 0 Å². The van der Waals surface area contributed by atoms with Crippen LogP contribution in [-0.2, 0) is 6.42 Å². The molecule has 0 saturated heterocycles. The summed E-state index contributed by atoms with van der Waals surface area (Å²) in [4.78, 5) is 0. The molecule has 0 radical (unpaired) electrons. The zero-order chi connectivity index (χ0) is 13.1. The number of hydrogen-bond acceptors (Lipinski definition) is 4. The molecule has 0 unspecified atom stereocenters. The number of nitrogens with zero attached hydrogens (tertiary/aromatic N) is 1. The van der Waals surface area contributed by atoms with Gasteiger partial charge in [-0.1, -0.05) is 13.0 Å². The molecule has 2 rings (SSSR count). The minimum Gasteiger partial charge on any atom is -0.493 e. The molecule has 5 nitrogen and oxygen atoms in total. The predicted octanol–water partition coefficient (Wildman–Crippen LogP) is 2.24. The monoisotopic (exact) mass is 247 g/mol. The number of aryl methyl sites for hydroxylation is 1. The Morgan fingerprint density at radius 3 is 2.56 bits per heavy atom. The van der Waals surface area contributed by atoms with E-state index in [2.05, 4.69) is 17.1 Å². The molecule has 0 fully saturated rings. The van der Waals surface area contributed by atoms with Crippen LogP contribution in [-0.4, -0.2) is 24.4 Å². The first-order valence-electron chi connectivity index (χ1n) is 5.76. The summed E-state index contributed by atoms with van der Waals surface area (Å²) in [6.45, 7) is 2.09. The molecule has 1 heterocycles. The molecule has 2 aromatic rings. The zero-order valence-corrected chi connectivity index (χ0v) is 10.8. The maximum Gasteiger partial charge on any atom is 0.170 e. The van der Waals surface area contributed by atoms with Crippen LogP contribution in [0.3, 0.4) is 0 Å². The van der Waals surface area contributed by atoms with Gasteiger partial charge < -0.3 is 15.2 Å². The molecule has 0 amide bonds. The third-order valence-corrected chi connectivity index (χ3v) is 2.88. The Balaban J connectivity index is 2.68. The van der Waals surface area contributed by atoms with Gasteiger partial charge in [-0.25, -0.2) is 0 Å². The number of nitrogens with two attached hydrogens (primary N) is 1. The molecule has 0 aliphatic rings. The van der Waals surface area contributed by atoms with Gasteiger partial charge in [0, 0.05) is 11.6 Å². The number of nitrogen functional groups attached to an aromatic ring is 1. The molecule has 1 aromatic carbocycles. The van der Waals surface area contributed by atoms with Gasteiger partial charge in [-0.3, -0.25) is 5.10 Å². The summed E-state index contributed by atoms with van der Waals surface area (Å²) in [7, 11) is 3.25. The number of benzene rings is 1. The first-order chi connectivity index (χ1) is 8.71. The minimum absolute atomic E-state index is 0.455. The third-order valence-electron chi connectivity index (χ3n) is 2.88. The van der Waals surface area contributed by atoms with Crippen LogP contribution in [0.15, 0.2) is 18.2 Å². The zero-order valence-electron chi connectivity index (χ0n) is 10.8. The number of rotatable bonds is 4. The quantitative estimate of drug-likeness (QED) is 0.869. The Hall–Kier alpha value is -2.17. The van der Waals surface area contributed by atoms with E-state index in [-0.39, 0.29) is 0 Å². The summed E-state index contributed by atoms with van der Waals surface area (Å²) < 4.78 is 10.8. The van der Waals surface area contributed by atoms with E-state index in [9.17, 15) is 0 Å². The average Bonchev–Trinajstić information content (AvgIpc) is 2.83. The van der Waals surface area contributed by atoms with Crippen LogP contribution in [0.1, 0.15) is 12.5 Å². The normalized spacial score (nSPS) is 10.4. The van der Waals surface area contributed by atoms with E-state index in [1.165, 1.54) is 0 Å². The van der Waals surface area contributed by atoms with Crippen molar-refractivity contribution in [3.05, 3.63) is 23.8 Å². The average molecular weight is 247 g/mol. The summed E-state index contributed by atoms with van der Waals surface area (Å²) in [6.07, 6.45) is 0.884. The maximum absolute atomic E-state index is 5.66. The summed E-state index contributed by atoms with van der Waals surface area (Å²) in [5.74, 6) is 1.84. The van der Waals surface area contributed by atoms with Crippen molar-refractivity contribution >= 4 is 5.82 Å². The van der Waals surface area contributed by atoms with Crippen LogP contribution in [0.25, 0.3) is 11.3 Å². The highest BCUT2D eigenvalue weighted by Gasteiger charge is 2.17. The van der Waals surface area contributed by atoms with E-state index in [0.29, 0.717) is 17.3 Å². The molecular weight excluding hydrogens is 230 g/mol. The Morgan fingerprint density at radius 1 is 1.28 bits per heavy atom. The van der Waals surface area contributed by atoms with Gasteiger partial charge in [-0.2, -0.15) is 5.10 Å². The van der Waals surface area contributed by atoms with Gasteiger partial charge in [0.2, 0.25) is 0 Å². The van der Waals surface area contributed by atoms with Gasteiger partial charge in [0.15, 0.2) is 11.5 Å². The smallest absolute Gasteiger partial charge is 0.170 e. The number of methoxy groups -OCH3 is 2. The molecule has 0 atom stereocenters. The summed E-state index contributed by atoms with van der Waals surface area (Å²) >= 11 is 0. The summed E-state index contributed by atoms with van der Waals surface area (Å²) in [5, 5.41) is 6.87. The van der Waals surface area contributed by atoms with Crippen LogP contribution < -0.4 is 15.2 Å². The molecule has 18 heavy (non-hydrogen) atoms. The molecule has 0 spiro atoms. The number of hydrogen-bond donors (Lipinski definition) is 2. The van der Waals surface area contributed by atoms with Gasteiger partial charge in [0.25, 0.3) is 0 Å². The standard InChI is InChI=1S/C13H17N3O2/c1-4-8-5-6-10(17-2)13(18-3)12(8)9-7-11(14)16-15-9/h5-7H,4H2,1-3H3,(H3,14,15,16). The SMILES string of the molecule is CCc1ccc(OC)c(OC)c1-c1cc(N)n[nH]1. The lowest BCUT2D eigenvalue weighted by Crippen LogP contribution is -1.97. The molecule has 0 aliphatic carbocycles. The number of anilines is 1. The summed E-state index contributed by atoms with van der Waals surface area (Å²) in [6, 6.07) is 5.71. The van der Waals surface area contributed by atoms with Gasteiger partial charge in [0.05, 0.1) is 19.9 Å². The fraction of sp³-hybridized carbons (Fsp3) is 0.308. The van der Waals surface area contributed by atoms with Crippen LogP contribution in [0.2, 0.25) is 0 Å². The third kappa shape index (κ3) is 1.99. The molecule has 1 aromatic heterocycles. The van der Waals surface area contributed by atoms with Crippen molar-refractivity contribution in [1.29, 1.82) is 0 Å². The highest BCUT2D eigenvalue weighted by Crippen LogP contribution is 2.40. The topological polar surface area (TPSA) is 73.2 Å². The van der Waals surface area contributed by atoms with Crippen molar-refractivity contribution in [2.24, 2.45) is 0 Å². The fourth-order valence-electron chi connectivity index (χ4n) is 2.02. The lowest BCUT2D eigenvalue weighted by atomic mass is 10.0. The Kier molecular flexibility index (Phi) is 3.41. The van der Waals surface area contributed by atoms with E-state index in [1.54, 1.807) is 20.3 Å². The number of aromatic amines is 1. The van der Waals surface area contributed by atoms with Crippen molar-refractivity contribution in [3.63, 3.8) is 0 Å². The van der Waals surface area contributed by atoms with Crippen molar-refractivity contribution in [2.75, 3.05) is 20.0 Å². The van der Waals surface area contributed by atoms with E-state index >= 15 is 0 Å². The van der Waals surface area contributed by atoms with Crippen LogP contribution in [0.4, 0.5) is 5.82 Å². The Morgan fingerprint density at radius 2 is 2.06 bits per heavy atom. The molecule has 0 saturated carbocycles. The minimum atomic E-state index is 0.455. The van der Waals surface area contributed by atoms with E-state index in [1.807, 2.05) is 12.1 Å². The number of aromatic nitrogens is 2. The molecular formula is C13H17N3O2. The number of nitrogens with one attached hydrogen (secondary N) is 1. The second-order valence-corrected chi connectivity index (χ2v) is 3.90. The number of H-pyrrole nitrogens is 1. The van der Waals surface area contributed by atoms with E-state index < -0.39 is 0 Å². The molecule has 3 N–H and O–H groups in total. The van der Waals surface area contributed by atoms with Crippen molar-refractivity contribution in [1.82, 2.24) is 10.2 Å². The van der Waals surface area contributed by atoms with E-state index in [0.717, 1.165) is 23.2 Å². The van der Waals surface area contributed by atoms with Crippen molar-refractivity contribution < 1.29 is 9.47 Å². The molecule has 5 heteroatoms. The highest BCUT2D eigenvalue weighted by atomic mass is 16.5. The predicted molar refractivity (Wildman–Crippen MR) is 70.9 cm³/mol. The first-order valence-corrected chi connectivity index (χ1v) is 5.76. The number of ether oxygens (including phenoxy) is 2. The second-order valence-electron chi connectivity index (χ2n) is 3.90. The lowest BCUT2D eigenvalue weighted by Gasteiger charge is -2.15. The van der Waals surface area contributed by atoms with Crippen molar-refractivity contribution in [2.45, 2.75) is 13.3 Å². The lowest BCUT2D eigenvalue weighted by molar-refractivity contribution is 0.355. The second kappa shape index (κ2) is 5.00. The van der Waals surface area contributed by atoms with Crippen LogP contribution in [0.5, 0.6) is 11.5 Å². The largest absolute Gasteiger partial charge is 0.493 e. The maximum atomic E-state index is 5.66. The highest BCUT2D eigenvalue weighted by molar-refractivity contribution is 5.76. The Labute approximate surface area is 106 Å². The molecule has 0 bridgehead atoms. The van der Waals surface area contributed by atoms with Gasteiger partial charge in [-0.05, 0) is 18.1 Å². The van der Waals surface area contributed by atoms with Crippen LogP contribution >= 0.6 is 0 Å².